The molecule has 0 N–H and O–H groups in total. The van der Waals surface area contributed by atoms with Crippen molar-refractivity contribution in [2.75, 3.05) is 20.3 Å². The maximum absolute atomic E-state index is 12.9. The smallest absolute Gasteiger partial charge is 0.385 e. The Morgan fingerprint density at radius 1 is 1.39 bits per heavy atom. The van der Waals surface area contributed by atoms with Gasteiger partial charge in [0.25, 0.3) is 0 Å². The van der Waals surface area contributed by atoms with Crippen molar-refractivity contribution in [3.63, 3.8) is 0 Å². The van der Waals surface area contributed by atoms with E-state index in [0.717, 1.165) is 31.4 Å². The summed E-state index contributed by atoms with van der Waals surface area (Å²) < 4.78 is 51.4. The molecule has 1 aliphatic rings. The van der Waals surface area contributed by atoms with Crippen molar-refractivity contribution in [2.24, 2.45) is 0 Å². The van der Waals surface area contributed by atoms with Gasteiger partial charge in [-0.15, -0.1) is 0 Å². The lowest BCUT2D eigenvalue weighted by Gasteiger charge is -2.13. The summed E-state index contributed by atoms with van der Waals surface area (Å²) in [5.41, 5.74) is 0.396. The molecular formula is C16H19F3N2O2. The van der Waals surface area contributed by atoms with Gasteiger partial charge in [-0.2, -0.15) is 13.2 Å². The molecule has 1 aromatic carbocycles. The highest BCUT2D eigenvalue weighted by Crippen LogP contribution is 2.34. The van der Waals surface area contributed by atoms with E-state index in [2.05, 4.69) is 4.98 Å². The summed E-state index contributed by atoms with van der Waals surface area (Å²) in [7, 11) is 1.63. The molecule has 0 radical (unpaired) electrons. The van der Waals surface area contributed by atoms with E-state index in [0.29, 0.717) is 36.6 Å². The van der Waals surface area contributed by atoms with E-state index in [1.165, 1.54) is 6.07 Å². The van der Waals surface area contributed by atoms with Crippen LogP contribution in [0.4, 0.5) is 13.2 Å². The molecule has 2 heterocycles. The first-order chi connectivity index (χ1) is 11.0. The van der Waals surface area contributed by atoms with Gasteiger partial charge in [-0.3, -0.25) is 0 Å². The van der Waals surface area contributed by atoms with Crippen molar-refractivity contribution in [1.82, 2.24) is 9.55 Å². The van der Waals surface area contributed by atoms with Crippen LogP contribution in [-0.2, 0) is 22.2 Å². The van der Waals surface area contributed by atoms with Gasteiger partial charge < -0.3 is 14.0 Å². The number of nitrogens with zero attached hydrogens (tertiary/aromatic N) is 2. The fourth-order valence-electron chi connectivity index (χ4n) is 2.95. The molecule has 1 atom stereocenters. The lowest BCUT2D eigenvalue weighted by atomic mass is 10.2. The molecule has 0 amide bonds. The minimum absolute atomic E-state index is 0.140. The predicted molar refractivity (Wildman–Crippen MR) is 79.2 cm³/mol. The number of hydrogen-bond acceptors (Lipinski definition) is 3. The molecule has 1 unspecified atom stereocenters. The third-order valence-electron chi connectivity index (χ3n) is 4.05. The van der Waals surface area contributed by atoms with Crippen molar-refractivity contribution >= 4 is 11.0 Å². The molecular weight excluding hydrogens is 309 g/mol. The van der Waals surface area contributed by atoms with Crippen molar-refractivity contribution in [3.05, 3.63) is 29.6 Å². The Morgan fingerprint density at radius 3 is 2.87 bits per heavy atom. The second kappa shape index (κ2) is 6.49. The molecule has 0 saturated carbocycles. The van der Waals surface area contributed by atoms with Gasteiger partial charge in [-0.25, -0.2) is 4.98 Å². The SMILES string of the molecule is COCCCn1c(C2CCCO2)nc2cc(C(F)(F)F)ccc21. The molecule has 0 aliphatic carbocycles. The normalized spacial score (nSPS) is 18.9. The van der Waals surface area contributed by atoms with Crippen LogP contribution in [0.25, 0.3) is 11.0 Å². The van der Waals surface area contributed by atoms with E-state index < -0.39 is 11.7 Å². The molecule has 126 valence electrons. The molecule has 0 bridgehead atoms. The largest absolute Gasteiger partial charge is 0.416 e. The second-order valence-corrected chi connectivity index (χ2v) is 5.67. The minimum Gasteiger partial charge on any atom is -0.385 e. The number of ether oxygens (including phenoxy) is 2. The van der Waals surface area contributed by atoms with Crippen LogP contribution >= 0.6 is 0 Å². The number of hydrogen-bond donors (Lipinski definition) is 0. The van der Waals surface area contributed by atoms with Crippen LogP contribution < -0.4 is 0 Å². The summed E-state index contributed by atoms with van der Waals surface area (Å²) >= 11 is 0. The van der Waals surface area contributed by atoms with Gasteiger partial charge in [0.05, 0.1) is 16.6 Å². The van der Waals surface area contributed by atoms with Crippen molar-refractivity contribution in [3.8, 4) is 0 Å². The number of aryl methyl sites for hydroxylation is 1. The molecule has 2 aromatic rings. The van der Waals surface area contributed by atoms with E-state index in [1.54, 1.807) is 7.11 Å². The Morgan fingerprint density at radius 2 is 2.22 bits per heavy atom. The number of aromatic nitrogens is 2. The monoisotopic (exact) mass is 328 g/mol. The fourth-order valence-corrected chi connectivity index (χ4v) is 2.95. The van der Waals surface area contributed by atoms with Crippen LogP contribution in [0.2, 0.25) is 0 Å². The van der Waals surface area contributed by atoms with Crippen LogP contribution in [0.15, 0.2) is 18.2 Å². The number of fused-ring (bicyclic) bond motifs is 1. The second-order valence-electron chi connectivity index (χ2n) is 5.67. The highest BCUT2D eigenvalue weighted by Gasteiger charge is 2.32. The van der Waals surface area contributed by atoms with Crippen LogP contribution in [0, 0.1) is 0 Å². The molecule has 1 fully saturated rings. The average molecular weight is 328 g/mol. The third kappa shape index (κ3) is 3.35. The Kier molecular flexibility index (Phi) is 4.59. The average Bonchev–Trinajstić information content (AvgIpc) is 3.13. The minimum atomic E-state index is -4.36. The number of halogens is 3. The summed E-state index contributed by atoms with van der Waals surface area (Å²) in [4.78, 5) is 4.44. The van der Waals surface area contributed by atoms with Gasteiger partial charge in [-0.05, 0) is 37.5 Å². The van der Waals surface area contributed by atoms with Crippen LogP contribution in [0.1, 0.15) is 36.8 Å². The van der Waals surface area contributed by atoms with E-state index in [-0.39, 0.29) is 6.10 Å². The fraction of sp³-hybridized carbons (Fsp3) is 0.562. The highest BCUT2D eigenvalue weighted by molar-refractivity contribution is 5.77. The summed E-state index contributed by atoms with van der Waals surface area (Å²) in [6.45, 7) is 1.90. The molecule has 3 rings (SSSR count). The predicted octanol–water partition coefficient (Wildman–Crippen LogP) is 3.94. The maximum atomic E-state index is 12.9. The van der Waals surface area contributed by atoms with Crippen molar-refractivity contribution in [2.45, 2.75) is 38.1 Å². The van der Waals surface area contributed by atoms with Gasteiger partial charge in [0, 0.05) is 26.9 Å². The van der Waals surface area contributed by atoms with Crippen LogP contribution in [0.5, 0.6) is 0 Å². The van der Waals surface area contributed by atoms with Gasteiger partial charge in [0.15, 0.2) is 0 Å². The number of imidazole rings is 1. The van der Waals surface area contributed by atoms with E-state index in [9.17, 15) is 13.2 Å². The molecule has 0 spiro atoms. The highest BCUT2D eigenvalue weighted by atomic mass is 19.4. The molecule has 4 nitrogen and oxygen atoms in total. The Hall–Kier alpha value is -1.60. The molecule has 1 saturated heterocycles. The standard InChI is InChI=1S/C16H19F3N2O2/c1-22-8-3-7-21-13-6-5-11(16(17,18)19)10-12(13)20-15(21)14-4-2-9-23-14/h5-6,10,14H,2-4,7-9H2,1H3. The summed E-state index contributed by atoms with van der Waals surface area (Å²) in [5.74, 6) is 0.716. The lowest BCUT2D eigenvalue weighted by Crippen LogP contribution is -2.10. The van der Waals surface area contributed by atoms with Gasteiger partial charge in [-0.1, -0.05) is 0 Å². The number of alkyl halides is 3. The first-order valence-electron chi connectivity index (χ1n) is 7.68. The lowest BCUT2D eigenvalue weighted by molar-refractivity contribution is -0.137. The first-order valence-corrected chi connectivity index (χ1v) is 7.68. The van der Waals surface area contributed by atoms with E-state index in [1.807, 2.05) is 4.57 Å². The zero-order chi connectivity index (χ0) is 16.4. The van der Waals surface area contributed by atoms with E-state index in [4.69, 9.17) is 9.47 Å². The molecule has 1 aromatic heterocycles. The van der Waals surface area contributed by atoms with Gasteiger partial charge in [0.1, 0.15) is 11.9 Å². The van der Waals surface area contributed by atoms with Crippen molar-refractivity contribution < 1.29 is 22.6 Å². The Bertz CT molecular complexity index is 676. The number of rotatable bonds is 5. The Balaban J connectivity index is 2.02. The molecule has 23 heavy (non-hydrogen) atoms. The van der Waals surface area contributed by atoms with Crippen LogP contribution in [-0.4, -0.2) is 29.9 Å². The molecule has 7 heteroatoms. The quantitative estimate of drug-likeness (QED) is 0.780. The topological polar surface area (TPSA) is 36.3 Å². The summed E-state index contributed by atoms with van der Waals surface area (Å²) in [6.07, 6.45) is -1.94. The maximum Gasteiger partial charge on any atom is 0.416 e. The first kappa shape index (κ1) is 16.3. The van der Waals surface area contributed by atoms with E-state index >= 15 is 0 Å². The summed E-state index contributed by atoms with van der Waals surface area (Å²) in [6, 6.07) is 3.72. The molecule has 1 aliphatic heterocycles. The zero-order valence-corrected chi connectivity index (χ0v) is 12.9. The number of benzene rings is 1. The zero-order valence-electron chi connectivity index (χ0n) is 12.9. The van der Waals surface area contributed by atoms with Gasteiger partial charge in [0.2, 0.25) is 0 Å². The summed E-state index contributed by atoms with van der Waals surface area (Å²) in [5, 5.41) is 0. The van der Waals surface area contributed by atoms with Crippen molar-refractivity contribution in [1.29, 1.82) is 0 Å². The third-order valence-corrected chi connectivity index (χ3v) is 4.05. The van der Waals surface area contributed by atoms with Gasteiger partial charge >= 0.3 is 6.18 Å². The number of methoxy groups -OCH3 is 1. The Labute approximate surface area is 132 Å². The van der Waals surface area contributed by atoms with Crippen LogP contribution in [0.3, 0.4) is 0 Å².